The summed E-state index contributed by atoms with van der Waals surface area (Å²) in [5, 5.41) is 8.88. The molecule has 15 heavy (non-hydrogen) atoms. The summed E-state index contributed by atoms with van der Waals surface area (Å²) in [6.07, 6.45) is 1.57. The van der Waals surface area contributed by atoms with Gasteiger partial charge in [0.05, 0.1) is 6.07 Å². The third kappa shape index (κ3) is 1.50. The van der Waals surface area contributed by atoms with Crippen LogP contribution < -0.4 is 9.64 Å². The summed E-state index contributed by atoms with van der Waals surface area (Å²) in [6.45, 7) is 1.60. The first-order valence-corrected chi connectivity index (χ1v) is 4.51. The van der Waals surface area contributed by atoms with Gasteiger partial charge in [0.15, 0.2) is 17.6 Å². The molecule has 0 N–H and O–H groups in total. The minimum Gasteiger partial charge on any atom is -0.486 e. The van der Waals surface area contributed by atoms with Crippen molar-refractivity contribution in [2.75, 3.05) is 11.5 Å². The number of ether oxygens (including phenoxy) is 1. The van der Waals surface area contributed by atoms with Crippen molar-refractivity contribution in [2.45, 2.75) is 13.0 Å². The van der Waals surface area contributed by atoms with Crippen LogP contribution in [0.25, 0.3) is 0 Å². The number of pyridine rings is 1. The van der Waals surface area contributed by atoms with E-state index in [9.17, 15) is 4.79 Å². The first-order valence-electron chi connectivity index (χ1n) is 4.51. The zero-order valence-corrected chi connectivity index (χ0v) is 8.17. The van der Waals surface area contributed by atoms with Crippen LogP contribution in [0.4, 0.5) is 5.82 Å². The topological polar surface area (TPSA) is 66.2 Å². The van der Waals surface area contributed by atoms with E-state index in [0.717, 1.165) is 0 Å². The molecule has 2 rings (SSSR count). The van der Waals surface area contributed by atoms with Crippen LogP contribution in [0.15, 0.2) is 18.3 Å². The first kappa shape index (κ1) is 9.46. The van der Waals surface area contributed by atoms with E-state index in [4.69, 9.17) is 10.00 Å². The van der Waals surface area contributed by atoms with Crippen molar-refractivity contribution < 1.29 is 9.53 Å². The molecule has 0 fully saturated rings. The highest BCUT2D eigenvalue weighted by atomic mass is 16.5. The smallest absolute Gasteiger partial charge is 0.226 e. The summed E-state index contributed by atoms with van der Waals surface area (Å²) in [4.78, 5) is 16.8. The van der Waals surface area contributed by atoms with E-state index in [-0.39, 0.29) is 12.5 Å². The monoisotopic (exact) mass is 203 g/mol. The Kier molecular flexibility index (Phi) is 2.26. The van der Waals surface area contributed by atoms with E-state index >= 15 is 0 Å². The van der Waals surface area contributed by atoms with Crippen LogP contribution in [-0.4, -0.2) is 23.5 Å². The van der Waals surface area contributed by atoms with Crippen LogP contribution in [-0.2, 0) is 4.79 Å². The van der Waals surface area contributed by atoms with Gasteiger partial charge in [-0.3, -0.25) is 9.69 Å². The lowest BCUT2D eigenvalue weighted by molar-refractivity contribution is -0.117. The normalized spacial score (nSPS) is 18.7. The number of carbonyl (C=O) groups excluding carboxylic acids is 1. The van der Waals surface area contributed by atoms with E-state index in [1.807, 2.05) is 6.07 Å². The van der Waals surface area contributed by atoms with Crippen molar-refractivity contribution in [3.05, 3.63) is 18.3 Å². The summed E-state index contributed by atoms with van der Waals surface area (Å²) in [7, 11) is 0. The van der Waals surface area contributed by atoms with E-state index in [1.165, 1.54) is 11.8 Å². The number of hydrogen-bond acceptors (Lipinski definition) is 4. The lowest BCUT2D eigenvalue weighted by Gasteiger charge is -2.31. The minimum absolute atomic E-state index is 0.189. The van der Waals surface area contributed by atoms with Crippen molar-refractivity contribution in [1.82, 2.24) is 4.98 Å². The molecular weight excluding hydrogens is 194 g/mol. The molecule has 1 aliphatic heterocycles. The van der Waals surface area contributed by atoms with E-state index in [1.54, 1.807) is 18.3 Å². The van der Waals surface area contributed by atoms with Gasteiger partial charge in [0.1, 0.15) is 6.61 Å². The van der Waals surface area contributed by atoms with Crippen molar-refractivity contribution in [2.24, 2.45) is 0 Å². The molecule has 76 valence electrons. The molecule has 1 aromatic rings. The highest BCUT2D eigenvalue weighted by molar-refractivity contribution is 5.93. The van der Waals surface area contributed by atoms with Crippen LogP contribution in [0, 0.1) is 11.3 Å². The molecular formula is C10H9N3O2. The quantitative estimate of drug-likeness (QED) is 0.623. The lowest BCUT2D eigenvalue weighted by atomic mass is 10.2. The van der Waals surface area contributed by atoms with Crippen LogP contribution >= 0.6 is 0 Å². The minimum atomic E-state index is -0.593. The molecule has 0 aliphatic carbocycles. The predicted octanol–water partition coefficient (Wildman–Crippen LogP) is 0.719. The molecule has 1 aromatic heterocycles. The highest BCUT2D eigenvalue weighted by Gasteiger charge is 2.31. The Labute approximate surface area is 86.9 Å². The van der Waals surface area contributed by atoms with Gasteiger partial charge in [-0.05, 0) is 12.1 Å². The lowest BCUT2D eigenvalue weighted by Crippen LogP contribution is -2.45. The molecule has 0 aromatic carbocycles. The maximum atomic E-state index is 11.4. The molecule has 1 atom stereocenters. The van der Waals surface area contributed by atoms with Gasteiger partial charge in [-0.2, -0.15) is 5.26 Å². The fourth-order valence-corrected chi connectivity index (χ4v) is 1.53. The number of fused-ring (bicyclic) bond motifs is 1. The zero-order chi connectivity index (χ0) is 10.8. The Morgan fingerprint density at radius 2 is 2.60 bits per heavy atom. The molecule has 1 amide bonds. The summed E-state index contributed by atoms with van der Waals surface area (Å²) >= 11 is 0. The Morgan fingerprint density at radius 1 is 1.80 bits per heavy atom. The van der Waals surface area contributed by atoms with Gasteiger partial charge in [-0.1, -0.05) is 0 Å². The Morgan fingerprint density at radius 3 is 3.27 bits per heavy atom. The molecule has 0 radical (unpaired) electrons. The summed E-state index contributed by atoms with van der Waals surface area (Å²) < 4.78 is 5.33. The summed E-state index contributed by atoms with van der Waals surface area (Å²) in [5.41, 5.74) is 0. The van der Waals surface area contributed by atoms with Crippen LogP contribution in [0.1, 0.15) is 6.92 Å². The Balaban J connectivity index is 2.48. The third-order valence-electron chi connectivity index (χ3n) is 2.18. The highest BCUT2D eigenvalue weighted by Crippen LogP contribution is 2.30. The maximum Gasteiger partial charge on any atom is 0.226 e. The maximum absolute atomic E-state index is 11.4. The van der Waals surface area contributed by atoms with E-state index < -0.39 is 6.04 Å². The molecule has 0 spiro atoms. The van der Waals surface area contributed by atoms with E-state index in [2.05, 4.69) is 4.98 Å². The van der Waals surface area contributed by atoms with Gasteiger partial charge >= 0.3 is 0 Å². The molecule has 1 aliphatic rings. The molecule has 5 nitrogen and oxygen atoms in total. The summed E-state index contributed by atoms with van der Waals surface area (Å²) in [5.74, 6) is 0.756. The number of carbonyl (C=O) groups is 1. The number of aromatic nitrogens is 1. The van der Waals surface area contributed by atoms with Gasteiger partial charge < -0.3 is 4.74 Å². The molecule has 5 heteroatoms. The number of amides is 1. The van der Waals surface area contributed by atoms with Gasteiger partial charge in [0, 0.05) is 13.1 Å². The largest absolute Gasteiger partial charge is 0.486 e. The molecule has 1 unspecified atom stereocenters. The van der Waals surface area contributed by atoms with Crippen molar-refractivity contribution in [3.8, 4) is 11.8 Å². The number of nitriles is 1. The number of anilines is 1. The molecule has 2 heterocycles. The fourth-order valence-electron chi connectivity index (χ4n) is 1.53. The predicted molar refractivity (Wildman–Crippen MR) is 52.3 cm³/mol. The molecule has 0 bridgehead atoms. The number of hydrogen-bond donors (Lipinski definition) is 0. The molecule has 0 saturated heterocycles. The van der Waals surface area contributed by atoms with Crippen LogP contribution in [0.2, 0.25) is 0 Å². The second-order valence-electron chi connectivity index (χ2n) is 3.17. The van der Waals surface area contributed by atoms with Gasteiger partial charge in [-0.25, -0.2) is 4.98 Å². The van der Waals surface area contributed by atoms with Crippen molar-refractivity contribution in [1.29, 1.82) is 5.26 Å². The SMILES string of the molecule is CC(=O)N1c2ncccc2OCC1C#N. The average Bonchev–Trinajstić information content (AvgIpc) is 2.27. The second-order valence-corrected chi connectivity index (χ2v) is 3.17. The Bertz CT molecular complexity index is 439. The van der Waals surface area contributed by atoms with Crippen LogP contribution in [0.3, 0.4) is 0 Å². The molecule has 0 saturated carbocycles. The van der Waals surface area contributed by atoms with Crippen LogP contribution in [0.5, 0.6) is 5.75 Å². The number of rotatable bonds is 0. The van der Waals surface area contributed by atoms with Gasteiger partial charge in [0.25, 0.3) is 0 Å². The second kappa shape index (κ2) is 3.58. The summed E-state index contributed by atoms with van der Waals surface area (Å²) in [6, 6.07) is 4.88. The number of nitrogens with zero attached hydrogens (tertiary/aromatic N) is 3. The van der Waals surface area contributed by atoms with Crippen molar-refractivity contribution >= 4 is 11.7 Å². The third-order valence-corrected chi connectivity index (χ3v) is 2.18. The van der Waals surface area contributed by atoms with Crippen molar-refractivity contribution in [3.63, 3.8) is 0 Å². The fraction of sp³-hybridized carbons (Fsp3) is 0.300. The zero-order valence-electron chi connectivity index (χ0n) is 8.17. The van der Waals surface area contributed by atoms with Gasteiger partial charge in [0.2, 0.25) is 5.91 Å². The standard InChI is InChI=1S/C10H9N3O2/c1-7(14)13-8(5-11)6-15-9-3-2-4-12-10(9)13/h2-4,8H,6H2,1H3. The Hall–Kier alpha value is -2.09. The van der Waals surface area contributed by atoms with E-state index in [0.29, 0.717) is 11.6 Å². The first-order chi connectivity index (χ1) is 7.24. The average molecular weight is 203 g/mol. The van der Waals surface area contributed by atoms with Gasteiger partial charge in [-0.15, -0.1) is 0 Å².